The Balaban J connectivity index is 1.47. The molecule has 0 radical (unpaired) electrons. The number of benzene rings is 1. The Hall–Kier alpha value is -2.61. The van der Waals surface area contributed by atoms with Crippen LogP contribution in [-0.4, -0.2) is 49.0 Å². The summed E-state index contributed by atoms with van der Waals surface area (Å²) in [6.07, 6.45) is 3.11. The van der Waals surface area contributed by atoms with Crippen molar-refractivity contribution in [3.63, 3.8) is 0 Å². The number of hydrogen-bond acceptors (Lipinski definition) is 5. The quantitative estimate of drug-likeness (QED) is 0.567. The van der Waals surface area contributed by atoms with Crippen LogP contribution in [0.1, 0.15) is 43.9 Å². The molecule has 4 heterocycles. The lowest BCUT2D eigenvalue weighted by Crippen LogP contribution is -2.43. The van der Waals surface area contributed by atoms with Crippen molar-refractivity contribution in [2.45, 2.75) is 51.7 Å². The van der Waals surface area contributed by atoms with Crippen LogP contribution in [-0.2, 0) is 4.79 Å². The maximum absolute atomic E-state index is 13.4. The highest BCUT2D eigenvalue weighted by molar-refractivity contribution is 7.99. The van der Waals surface area contributed by atoms with E-state index in [1.165, 1.54) is 5.56 Å². The Morgan fingerprint density at radius 3 is 2.66 bits per heavy atom. The summed E-state index contributed by atoms with van der Waals surface area (Å²) in [7, 11) is 0. The smallest absolute Gasteiger partial charge is 0.265 e. The van der Waals surface area contributed by atoms with Gasteiger partial charge in [0.25, 0.3) is 5.56 Å². The predicted octanol–water partition coefficient (Wildman–Crippen LogP) is 3.74. The number of piperidine rings is 1. The van der Waals surface area contributed by atoms with Crippen LogP contribution >= 0.6 is 11.8 Å². The number of aromatic nitrogens is 4. The van der Waals surface area contributed by atoms with Crippen molar-refractivity contribution in [3.8, 4) is 5.69 Å². The molecule has 32 heavy (non-hydrogen) atoms. The first-order valence-electron chi connectivity index (χ1n) is 11.3. The highest BCUT2D eigenvalue weighted by atomic mass is 32.2. The van der Waals surface area contributed by atoms with Crippen LogP contribution in [0.2, 0.25) is 0 Å². The van der Waals surface area contributed by atoms with E-state index in [2.05, 4.69) is 31.9 Å². The van der Waals surface area contributed by atoms with Crippen molar-refractivity contribution >= 4 is 28.7 Å². The molecule has 0 aliphatic carbocycles. The molecule has 8 heteroatoms. The zero-order chi connectivity index (χ0) is 22.6. The van der Waals surface area contributed by atoms with E-state index < -0.39 is 0 Å². The summed E-state index contributed by atoms with van der Waals surface area (Å²) >= 11 is 1.55. The van der Waals surface area contributed by atoms with Gasteiger partial charge in [0.05, 0.1) is 17.9 Å². The fourth-order valence-corrected chi connectivity index (χ4v) is 6.33. The number of carbonyl (C=O) groups excluding carboxylic acids is 1. The minimum atomic E-state index is -0.163. The molecule has 3 atom stereocenters. The summed E-state index contributed by atoms with van der Waals surface area (Å²) in [5.41, 5.74) is 3.65. The van der Waals surface area contributed by atoms with Gasteiger partial charge < -0.3 is 4.90 Å². The molecule has 1 saturated heterocycles. The minimum Gasteiger partial charge on any atom is -0.342 e. The molecule has 1 amide bonds. The Kier molecular flexibility index (Phi) is 5.35. The average Bonchev–Trinajstić information content (AvgIpc) is 3.32. The van der Waals surface area contributed by atoms with Crippen molar-refractivity contribution in [2.75, 3.05) is 18.8 Å². The molecule has 2 aromatic heterocycles. The first-order valence-corrected chi connectivity index (χ1v) is 12.3. The van der Waals surface area contributed by atoms with Crippen molar-refractivity contribution < 1.29 is 4.79 Å². The summed E-state index contributed by atoms with van der Waals surface area (Å²) in [4.78, 5) is 33.3. The van der Waals surface area contributed by atoms with Crippen LogP contribution in [0, 0.1) is 25.7 Å². The molecule has 0 spiro atoms. The highest BCUT2D eigenvalue weighted by Gasteiger charge is 2.32. The van der Waals surface area contributed by atoms with Gasteiger partial charge in [-0.1, -0.05) is 43.3 Å². The molecule has 7 nitrogen and oxygen atoms in total. The summed E-state index contributed by atoms with van der Waals surface area (Å²) in [6.45, 7) is 10.1. The summed E-state index contributed by atoms with van der Waals surface area (Å²) in [5.74, 6) is 1.87. The maximum atomic E-state index is 13.4. The molecule has 168 valence electrons. The largest absolute Gasteiger partial charge is 0.342 e. The fraction of sp³-hybridized carbons (Fsp3) is 0.500. The van der Waals surface area contributed by atoms with E-state index >= 15 is 0 Å². The maximum Gasteiger partial charge on any atom is 0.265 e. The summed E-state index contributed by atoms with van der Waals surface area (Å²) < 4.78 is 3.47. The predicted molar refractivity (Wildman–Crippen MR) is 127 cm³/mol. The lowest BCUT2D eigenvalue weighted by molar-refractivity contribution is -0.134. The zero-order valence-corrected chi connectivity index (χ0v) is 19.9. The van der Waals surface area contributed by atoms with E-state index in [9.17, 15) is 9.59 Å². The lowest BCUT2D eigenvalue weighted by atomic mass is 9.91. The Morgan fingerprint density at radius 1 is 1.19 bits per heavy atom. The van der Waals surface area contributed by atoms with Gasteiger partial charge in [0.2, 0.25) is 5.91 Å². The Labute approximate surface area is 191 Å². The summed E-state index contributed by atoms with van der Waals surface area (Å²) in [6, 6.07) is 5.99. The van der Waals surface area contributed by atoms with Gasteiger partial charge in [0, 0.05) is 25.3 Å². The normalized spacial score (nSPS) is 23.0. The second-order valence-electron chi connectivity index (χ2n) is 9.57. The van der Waals surface area contributed by atoms with Crippen LogP contribution in [0.3, 0.4) is 0 Å². The molecule has 3 unspecified atom stereocenters. The second-order valence-corrected chi connectivity index (χ2v) is 10.6. The number of fused-ring (bicyclic) bond motifs is 2. The number of rotatable bonds is 3. The van der Waals surface area contributed by atoms with E-state index in [4.69, 9.17) is 4.98 Å². The molecule has 0 saturated carbocycles. The monoisotopic (exact) mass is 451 g/mol. The molecule has 1 fully saturated rings. The molecular weight excluding hydrogens is 422 g/mol. The van der Waals surface area contributed by atoms with Gasteiger partial charge in [-0.25, -0.2) is 9.67 Å². The Bertz CT molecular complexity index is 1250. The van der Waals surface area contributed by atoms with Gasteiger partial charge >= 0.3 is 0 Å². The standard InChI is InChI=1S/C24H29N5O2S/c1-14-5-6-20(17(4)8-14)29-22-19(10-25-29)23(31)28-18(13-32-24(28)26-22)9-21(30)27-11-15(2)7-16(3)12-27/h5-6,8,10,15-16,18H,7,9,11-13H2,1-4H3. The van der Waals surface area contributed by atoms with Crippen LogP contribution in [0.5, 0.6) is 0 Å². The molecule has 0 N–H and O–H groups in total. The molecule has 2 aliphatic heterocycles. The number of aryl methyl sites for hydroxylation is 2. The second kappa shape index (κ2) is 8.06. The number of hydrogen-bond donors (Lipinski definition) is 0. The molecule has 5 rings (SSSR count). The number of thioether (sulfide) groups is 1. The summed E-state index contributed by atoms with van der Waals surface area (Å²) in [5, 5.41) is 5.66. The first-order chi connectivity index (χ1) is 15.3. The van der Waals surface area contributed by atoms with E-state index in [-0.39, 0.29) is 17.5 Å². The first kappa shape index (κ1) is 21.2. The van der Waals surface area contributed by atoms with Gasteiger partial charge in [-0.15, -0.1) is 0 Å². The van der Waals surface area contributed by atoms with Crippen molar-refractivity contribution in [2.24, 2.45) is 11.8 Å². The molecule has 3 aromatic rings. The van der Waals surface area contributed by atoms with E-state index in [0.29, 0.717) is 40.2 Å². The topological polar surface area (TPSA) is 73.0 Å². The van der Waals surface area contributed by atoms with Crippen molar-refractivity contribution in [1.82, 2.24) is 24.2 Å². The Morgan fingerprint density at radius 2 is 1.94 bits per heavy atom. The SMILES string of the molecule is Cc1ccc(-n2ncc3c(=O)n4c(nc32)SCC4CC(=O)N2CC(C)CC(C)C2)c(C)c1. The fourth-order valence-electron chi connectivity index (χ4n) is 5.20. The van der Waals surface area contributed by atoms with E-state index in [0.717, 1.165) is 30.8 Å². The van der Waals surface area contributed by atoms with E-state index in [1.54, 1.807) is 27.2 Å². The van der Waals surface area contributed by atoms with Crippen molar-refractivity contribution in [3.05, 3.63) is 45.9 Å². The van der Waals surface area contributed by atoms with Crippen LogP contribution in [0.25, 0.3) is 16.7 Å². The molecule has 2 aliphatic rings. The van der Waals surface area contributed by atoms with E-state index in [1.807, 2.05) is 24.0 Å². The number of carbonyl (C=O) groups is 1. The van der Waals surface area contributed by atoms with Crippen molar-refractivity contribution in [1.29, 1.82) is 0 Å². The molecular formula is C24H29N5O2S. The van der Waals surface area contributed by atoms with Gasteiger partial charge in [-0.05, 0) is 43.7 Å². The van der Waals surface area contributed by atoms with Crippen LogP contribution in [0.15, 0.2) is 34.3 Å². The average molecular weight is 452 g/mol. The third-order valence-electron chi connectivity index (χ3n) is 6.58. The third kappa shape index (κ3) is 3.64. The highest BCUT2D eigenvalue weighted by Crippen LogP contribution is 2.34. The third-order valence-corrected chi connectivity index (χ3v) is 7.68. The lowest BCUT2D eigenvalue weighted by Gasteiger charge is -2.35. The van der Waals surface area contributed by atoms with Gasteiger partial charge in [-0.2, -0.15) is 5.10 Å². The van der Waals surface area contributed by atoms with Crippen LogP contribution < -0.4 is 5.56 Å². The van der Waals surface area contributed by atoms with Gasteiger partial charge in [0.15, 0.2) is 10.8 Å². The number of amides is 1. The number of nitrogens with zero attached hydrogens (tertiary/aromatic N) is 5. The van der Waals surface area contributed by atoms with Crippen LogP contribution in [0.4, 0.5) is 0 Å². The zero-order valence-electron chi connectivity index (χ0n) is 19.0. The molecule has 0 bridgehead atoms. The minimum absolute atomic E-state index is 0.107. The number of likely N-dealkylation sites (tertiary alicyclic amines) is 1. The molecule has 1 aromatic carbocycles. The van der Waals surface area contributed by atoms with Gasteiger partial charge in [-0.3, -0.25) is 14.2 Å². The van der Waals surface area contributed by atoms with Gasteiger partial charge in [0.1, 0.15) is 5.39 Å².